The zero-order valence-electron chi connectivity index (χ0n) is 14.6. The van der Waals surface area contributed by atoms with Gasteiger partial charge < -0.3 is 0 Å². The van der Waals surface area contributed by atoms with Crippen molar-refractivity contribution in [3.63, 3.8) is 0 Å². The van der Waals surface area contributed by atoms with Gasteiger partial charge in [0.15, 0.2) is 0 Å². The van der Waals surface area contributed by atoms with Crippen LogP contribution in [0.4, 0.5) is 0 Å². The fourth-order valence-corrected chi connectivity index (χ4v) is 2.76. The van der Waals surface area contributed by atoms with Crippen LogP contribution in [0.15, 0.2) is 18.7 Å². The number of allylic oxidation sites excluding steroid dienone is 1. The van der Waals surface area contributed by atoms with Gasteiger partial charge in [0.05, 0.1) is 0 Å². The Morgan fingerprint density at radius 1 is 0.773 bits per heavy atom. The van der Waals surface area contributed by atoms with Crippen molar-refractivity contribution in [3.8, 4) is 0 Å². The van der Waals surface area contributed by atoms with E-state index < -0.39 is 0 Å². The monoisotopic (exact) mass is 305 g/mol. The fraction of sp³-hybridized carbons (Fsp3) is 0.789. The van der Waals surface area contributed by atoms with Gasteiger partial charge in [0.1, 0.15) is 12.7 Å². The average Bonchev–Trinajstić information content (AvgIpc) is 3.04. The summed E-state index contributed by atoms with van der Waals surface area (Å²) in [6, 6.07) is 0. The van der Waals surface area contributed by atoms with E-state index in [0.29, 0.717) is 0 Å². The molecular formula is C19H35N3. The average molecular weight is 306 g/mol. The van der Waals surface area contributed by atoms with Gasteiger partial charge in [-0.1, -0.05) is 90.0 Å². The minimum Gasteiger partial charge on any atom is -0.229 e. The van der Waals surface area contributed by atoms with E-state index in [1.165, 1.54) is 83.5 Å². The molecule has 0 spiro atoms. The van der Waals surface area contributed by atoms with Crippen molar-refractivity contribution in [3.05, 3.63) is 18.7 Å². The molecule has 3 nitrogen and oxygen atoms in total. The highest BCUT2D eigenvalue weighted by Gasteiger charge is 1.93. The first-order chi connectivity index (χ1) is 10.9. The van der Waals surface area contributed by atoms with Gasteiger partial charge in [0.25, 0.3) is 0 Å². The van der Waals surface area contributed by atoms with E-state index in [0.717, 1.165) is 6.42 Å². The Morgan fingerprint density at radius 2 is 1.32 bits per heavy atom. The minimum atomic E-state index is 1.15. The summed E-state index contributed by atoms with van der Waals surface area (Å²) in [6.45, 7) is 2.28. The molecule has 0 radical (unpaired) electrons. The van der Waals surface area contributed by atoms with E-state index in [1.54, 1.807) is 17.3 Å². The van der Waals surface area contributed by atoms with Crippen LogP contribution >= 0.6 is 0 Å². The van der Waals surface area contributed by atoms with Gasteiger partial charge in [0.2, 0.25) is 0 Å². The first-order valence-electron chi connectivity index (χ1n) is 9.44. The first kappa shape index (κ1) is 18.9. The van der Waals surface area contributed by atoms with E-state index in [-0.39, 0.29) is 0 Å². The van der Waals surface area contributed by atoms with Crippen LogP contribution in [-0.4, -0.2) is 14.8 Å². The molecule has 0 unspecified atom stereocenters. The number of unbranched alkanes of at least 4 members (excludes halogenated alkanes) is 13. The Balaban J connectivity index is 1.73. The number of rotatable bonds is 15. The molecule has 0 amide bonds. The van der Waals surface area contributed by atoms with Crippen LogP contribution in [0.2, 0.25) is 0 Å². The van der Waals surface area contributed by atoms with Gasteiger partial charge in [-0.25, -0.2) is 9.67 Å². The molecule has 126 valence electrons. The van der Waals surface area contributed by atoms with Crippen LogP contribution in [0.5, 0.6) is 0 Å². The summed E-state index contributed by atoms with van der Waals surface area (Å²) in [4.78, 5) is 3.91. The molecule has 0 N–H and O–H groups in total. The highest BCUT2D eigenvalue weighted by Crippen LogP contribution is 2.13. The molecule has 0 saturated carbocycles. The highest BCUT2D eigenvalue weighted by atomic mass is 15.3. The van der Waals surface area contributed by atoms with Crippen LogP contribution in [0.3, 0.4) is 0 Å². The molecule has 1 rings (SSSR count). The van der Waals surface area contributed by atoms with Crippen molar-refractivity contribution in [1.29, 1.82) is 0 Å². The van der Waals surface area contributed by atoms with Crippen molar-refractivity contribution < 1.29 is 0 Å². The van der Waals surface area contributed by atoms with Crippen molar-refractivity contribution >= 4 is 6.20 Å². The summed E-state index contributed by atoms with van der Waals surface area (Å²) in [5.41, 5.74) is 0. The smallest absolute Gasteiger partial charge is 0.138 e. The topological polar surface area (TPSA) is 30.7 Å². The molecule has 3 heteroatoms. The number of hydrogen-bond donors (Lipinski definition) is 0. The van der Waals surface area contributed by atoms with Crippen molar-refractivity contribution in [2.75, 3.05) is 0 Å². The molecule has 0 atom stereocenters. The standard InChI is InChI=1S/C19H35N3/c1-2-3-4-5-6-7-8-9-10-11-12-13-14-15-16-17-22-19-20-18-21-22/h16-19H,2-15H2,1H3/b17-16+. The van der Waals surface area contributed by atoms with Gasteiger partial charge in [-0.05, 0) is 12.8 Å². The summed E-state index contributed by atoms with van der Waals surface area (Å²) in [5.74, 6) is 0. The van der Waals surface area contributed by atoms with E-state index in [2.05, 4.69) is 23.1 Å². The van der Waals surface area contributed by atoms with E-state index in [9.17, 15) is 0 Å². The van der Waals surface area contributed by atoms with Gasteiger partial charge in [-0.2, -0.15) is 5.10 Å². The lowest BCUT2D eigenvalue weighted by atomic mass is 10.0. The Morgan fingerprint density at radius 3 is 1.82 bits per heavy atom. The zero-order chi connectivity index (χ0) is 15.7. The molecule has 0 fully saturated rings. The quantitative estimate of drug-likeness (QED) is 0.360. The lowest BCUT2D eigenvalue weighted by Gasteiger charge is -2.02. The minimum absolute atomic E-state index is 1.15. The maximum absolute atomic E-state index is 4.04. The van der Waals surface area contributed by atoms with E-state index >= 15 is 0 Å². The van der Waals surface area contributed by atoms with Crippen LogP contribution in [0.25, 0.3) is 6.20 Å². The summed E-state index contributed by atoms with van der Waals surface area (Å²) in [6.07, 6.45) is 27.0. The number of hydrogen-bond acceptors (Lipinski definition) is 2. The Hall–Kier alpha value is -1.12. The highest BCUT2D eigenvalue weighted by molar-refractivity contribution is 5.17. The summed E-state index contributed by atoms with van der Waals surface area (Å²) < 4.78 is 1.75. The predicted octanol–water partition coefficient (Wildman–Crippen LogP) is 6.23. The Labute approximate surface area is 137 Å². The second-order valence-electron chi connectivity index (χ2n) is 6.29. The van der Waals surface area contributed by atoms with Crippen LogP contribution in [-0.2, 0) is 0 Å². The number of aromatic nitrogens is 3. The van der Waals surface area contributed by atoms with Crippen molar-refractivity contribution in [2.45, 2.75) is 96.8 Å². The largest absolute Gasteiger partial charge is 0.229 e. The maximum Gasteiger partial charge on any atom is 0.138 e. The second-order valence-corrected chi connectivity index (χ2v) is 6.29. The Bertz CT molecular complexity index is 344. The number of nitrogens with zero attached hydrogens (tertiary/aromatic N) is 3. The molecule has 0 bridgehead atoms. The van der Waals surface area contributed by atoms with Gasteiger partial charge in [-0.15, -0.1) is 0 Å². The predicted molar refractivity (Wildman–Crippen MR) is 95.7 cm³/mol. The van der Waals surface area contributed by atoms with Gasteiger partial charge >= 0.3 is 0 Å². The summed E-state index contributed by atoms with van der Waals surface area (Å²) >= 11 is 0. The summed E-state index contributed by atoms with van der Waals surface area (Å²) in [7, 11) is 0. The molecule has 1 aromatic heterocycles. The van der Waals surface area contributed by atoms with Crippen molar-refractivity contribution in [2.24, 2.45) is 0 Å². The Kier molecular flexibility index (Phi) is 12.7. The zero-order valence-corrected chi connectivity index (χ0v) is 14.6. The maximum atomic E-state index is 4.04. The molecular weight excluding hydrogens is 270 g/mol. The molecule has 0 aliphatic rings. The molecule has 0 aromatic carbocycles. The third kappa shape index (κ3) is 11.5. The van der Waals surface area contributed by atoms with E-state index in [1.807, 2.05) is 6.20 Å². The van der Waals surface area contributed by atoms with Gasteiger partial charge in [0, 0.05) is 6.20 Å². The summed E-state index contributed by atoms with van der Waals surface area (Å²) in [5, 5.41) is 4.04. The molecule has 1 aromatic rings. The second kappa shape index (κ2) is 14.8. The van der Waals surface area contributed by atoms with Crippen molar-refractivity contribution in [1.82, 2.24) is 14.8 Å². The SMILES string of the molecule is CCCCCCCCCCCCCCC/C=C/n1cncn1. The molecule has 1 heterocycles. The molecule has 0 aliphatic heterocycles. The van der Waals surface area contributed by atoms with Crippen LogP contribution < -0.4 is 0 Å². The molecule has 22 heavy (non-hydrogen) atoms. The first-order valence-corrected chi connectivity index (χ1v) is 9.44. The van der Waals surface area contributed by atoms with Gasteiger partial charge in [-0.3, -0.25) is 0 Å². The third-order valence-corrected chi connectivity index (χ3v) is 4.17. The fourth-order valence-electron chi connectivity index (χ4n) is 2.76. The molecule has 0 aliphatic carbocycles. The van der Waals surface area contributed by atoms with Crippen LogP contribution in [0.1, 0.15) is 96.8 Å². The lowest BCUT2D eigenvalue weighted by Crippen LogP contribution is -1.85. The van der Waals surface area contributed by atoms with Crippen LogP contribution in [0, 0.1) is 0 Å². The normalized spacial score (nSPS) is 11.5. The van der Waals surface area contributed by atoms with E-state index in [4.69, 9.17) is 0 Å². The lowest BCUT2D eigenvalue weighted by molar-refractivity contribution is 0.540. The third-order valence-electron chi connectivity index (χ3n) is 4.17. The molecule has 0 saturated heterocycles.